The van der Waals surface area contributed by atoms with Crippen molar-refractivity contribution in [2.45, 2.75) is 13.0 Å². The zero-order valence-electron chi connectivity index (χ0n) is 15.7. The molecular formula is C22H15Cl3N2O3. The van der Waals surface area contributed by atoms with Crippen molar-refractivity contribution in [3.05, 3.63) is 75.7 Å². The standard InChI is InChI=1S/C22H15Cl3N2O3/c1-12(29-19-8-6-15(24)10-17(19)25)21(28)26-16-7-9-20-18(11-16)27-22(30-20)13-2-4-14(23)5-3-13/h2-12H,1H3,(H,26,28). The lowest BCUT2D eigenvalue weighted by Gasteiger charge is -2.15. The Bertz CT molecular complexity index is 1220. The lowest BCUT2D eigenvalue weighted by molar-refractivity contribution is -0.122. The molecule has 0 saturated carbocycles. The first-order valence-corrected chi connectivity index (χ1v) is 10.1. The zero-order valence-corrected chi connectivity index (χ0v) is 17.9. The van der Waals surface area contributed by atoms with E-state index < -0.39 is 6.10 Å². The number of carbonyl (C=O) groups excluding carboxylic acids is 1. The third-order valence-electron chi connectivity index (χ3n) is 4.31. The maximum absolute atomic E-state index is 12.5. The molecule has 0 aliphatic rings. The van der Waals surface area contributed by atoms with E-state index in [0.29, 0.717) is 43.5 Å². The number of anilines is 1. The van der Waals surface area contributed by atoms with Gasteiger partial charge in [0, 0.05) is 21.3 Å². The minimum absolute atomic E-state index is 0.332. The Morgan fingerprint density at radius 1 is 1.00 bits per heavy atom. The molecule has 0 aliphatic heterocycles. The molecule has 0 fully saturated rings. The van der Waals surface area contributed by atoms with Gasteiger partial charge in [-0.3, -0.25) is 4.79 Å². The molecule has 30 heavy (non-hydrogen) atoms. The molecule has 0 aliphatic carbocycles. The first-order valence-electron chi connectivity index (χ1n) is 8.98. The molecule has 0 saturated heterocycles. The molecule has 1 heterocycles. The zero-order chi connectivity index (χ0) is 21.3. The van der Waals surface area contributed by atoms with Gasteiger partial charge in [-0.2, -0.15) is 0 Å². The maximum Gasteiger partial charge on any atom is 0.265 e. The van der Waals surface area contributed by atoms with E-state index in [2.05, 4.69) is 10.3 Å². The van der Waals surface area contributed by atoms with Crippen molar-refractivity contribution in [3.8, 4) is 17.2 Å². The van der Waals surface area contributed by atoms with Crippen LogP contribution in [-0.2, 0) is 4.79 Å². The first-order chi connectivity index (χ1) is 14.4. The number of hydrogen-bond acceptors (Lipinski definition) is 4. The highest BCUT2D eigenvalue weighted by Crippen LogP contribution is 2.29. The third kappa shape index (κ3) is 4.54. The fraction of sp³-hybridized carbons (Fsp3) is 0.0909. The summed E-state index contributed by atoms with van der Waals surface area (Å²) in [6, 6.07) is 17.2. The molecule has 0 radical (unpaired) electrons. The summed E-state index contributed by atoms with van der Waals surface area (Å²) in [7, 11) is 0. The van der Waals surface area contributed by atoms with Crippen molar-refractivity contribution >= 4 is 57.5 Å². The number of benzene rings is 3. The summed E-state index contributed by atoms with van der Waals surface area (Å²) < 4.78 is 11.4. The van der Waals surface area contributed by atoms with Gasteiger partial charge in [0.1, 0.15) is 11.3 Å². The number of aromatic nitrogens is 1. The summed E-state index contributed by atoms with van der Waals surface area (Å²) in [6.45, 7) is 1.63. The predicted molar refractivity (Wildman–Crippen MR) is 120 cm³/mol. The number of hydrogen-bond donors (Lipinski definition) is 1. The van der Waals surface area contributed by atoms with E-state index in [4.69, 9.17) is 44.0 Å². The quantitative estimate of drug-likeness (QED) is 0.352. The number of carbonyl (C=O) groups is 1. The van der Waals surface area contributed by atoms with Gasteiger partial charge >= 0.3 is 0 Å². The molecular weight excluding hydrogens is 447 g/mol. The van der Waals surface area contributed by atoms with E-state index in [-0.39, 0.29) is 5.91 Å². The van der Waals surface area contributed by atoms with E-state index >= 15 is 0 Å². The SMILES string of the molecule is CC(Oc1ccc(Cl)cc1Cl)C(=O)Nc1ccc2oc(-c3ccc(Cl)cc3)nc2c1. The number of fused-ring (bicyclic) bond motifs is 1. The van der Waals surface area contributed by atoms with Gasteiger partial charge in [-0.25, -0.2) is 4.98 Å². The Balaban J connectivity index is 1.49. The molecule has 0 bridgehead atoms. The van der Waals surface area contributed by atoms with E-state index in [0.717, 1.165) is 5.56 Å². The Morgan fingerprint density at radius 2 is 1.73 bits per heavy atom. The molecule has 4 rings (SSSR count). The molecule has 3 aromatic carbocycles. The molecule has 1 aromatic heterocycles. The van der Waals surface area contributed by atoms with Crippen molar-refractivity contribution in [2.24, 2.45) is 0 Å². The lowest BCUT2D eigenvalue weighted by Crippen LogP contribution is -2.30. The van der Waals surface area contributed by atoms with E-state index in [1.54, 1.807) is 55.5 Å². The average molecular weight is 462 g/mol. The van der Waals surface area contributed by atoms with Gasteiger partial charge in [0.15, 0.2) is 11.7 Å². The lowest BCUT2D eigenvalue weighted by atomic mass is 10.2. The van der Waals surface area contributed by atoms with E-state index in [1.165, 1.54) is 0 Å². The molecule has 1 N–H and O–H groups in total. The number of nitrogens with one attached hydrogen (secondary N) is 1. The van der Waals surface area contributed by atoms with Crippen LogP contribution in [0, 0.1) is 0 Å². The van der Waals surface area contributed by atoms with Crippen molar-refractivity contribution in [1.29, 1.82) is 0 Å². The predicted octanol–water partition coefficient (Wildman–Crippen LogP) is 6.86. The Labute approximate surface area is 187 Å². The number of rotatable bonds is 5. The number of halogens is 3. The Hall–Kier alpha value is -2.73. The average Bonchev–Trinajstić information content (AvgIpc) is 3.14. The van der Waals surface area contributed by atoms with Crippen LogP contribution in [0.1, 0.15) is 6.92 Å². The molecule has 4 aromatic rings. The van der Waals surface area contributed by atoms with Crippen LogP contribution in [0.5, 0.6) is 5.75 Å². The van der Waals surface area contributed by atoms with Gasteiger partial charge in [-0.15, -0.1) is 0 Å². The van der Waals surface area contributed by atoms with Crippen LogP contribution in [0.2, 0.25) is 15.1 Å². The van der Waals surface area contributed by atoms with Gasteiger partial charge in [-0.1, -0.05) is 34.8 Å². The third-order valence-corrected chi connectivity index (χ3v) is 5.10. The van der Waals surface area contributed by atoms with Crippen LogP contribution in [0.25, 0.3) is 22.6 Å². The van der Waals surface area contributed by atoms with Crippen LogP contribution in [0.15, 0.2) is 65.1 Å². The smallest absolute Gasteiger partial charge is 0.265 e. The second-order valence-corrected chi connectivity index (χ2v) is 7.81. The molecule has 152 valence electrons. The molecule has 1 amide bonds. The molecule has 8 heteroatoms. The van der Waals surface area contributed by atoms with Crippen LogP contribution < -0.4 is 10.1 Å². The van der Waals surface area contributed by atoms with Gasteiger partial charge in [-0.05, 0) is 67.6 Å². The van der Waals surface area contributed by atoms with Crippen LogP contribution in [0.3, 0.4) is 0 Å². The van der Waals surface area contributed by atoms with Crippen molar-refractivity contribution in [3.63, 3.8) is 0 Å². The van der Waals surface area contributed by atoms with Crippen LogP contribution in [0.4, 0.5) is 5.69 Å². The molecule has 5 nitrogen and oxygen atoms in total. The minimum Gasteiger partial charge on any atom is -0.479 e. The van der Waals surface area contributed by atoms with E-state index in [1.807, 2.05) is 12.1 Å². The molecule has 0 spiro atoms. The van der Waals surface area contributed by atoms with Crippen LogP contribution in [-0.4, -0.2) is 17.0 Å². The Kier molecular flexibility index (Phi) is 5.86. The maximum atomic E-state index is 12.5. The Morgan fingerprint density at radius 3 is 2.47 bits per heavy atom. The van der Waals surface area contributed by atoms with Gasteiger partial charge in [0.05, 0.1) is 5.02 Å². The second kappa shape index (κ2) is 8.56. The fourth-order valence-corrected chi connectivity index (χ4v) is 3.36. The van der Waals surface area contributed by atoms with Crippen molar-refractivity contribution in [1.82, 2.24) is 4.98 Å². The second-order valence-electron chi connectivity index (χ2n) is 6.53. The number of oxazole rings is 1. The topological polar surface area (TPSA) is 64.4 Å². The number of amides is 1. The highest BCUT2D eigenvalue weighted by atomic mass is 35.5. The highest BCUT2D eigenvalue weighted by molar-refractivity contribution is 6.35. The van der Waals surface area contributed by atoms with Crippen molar-refractivity contribution in [2.75, 3.05) is 5.32 Å². The molecule has 1 unspecified atom stereocenters. The highest BCUT2D eigenvalue weighted by Gasteiger charge is 2.17. The van der Waals surface area contributed by atoms with Crippen LogP contribution >= 0.6 is 34.8 Å². The normalized spacial score (nSPS) is 12.0. The fourth-order valence-electron chi connectivity index (χ4n) is 2.78. The molecule has 1 atom stereocenters. The van der Waals surface area contributed by atoms with E-state index in [9.17, 15) is 4.79 Å². The van der Waals surface area contributed by atoms with Gasteiger partial charge in [0.25, 0.3) is 5.91 Å². The monoisotopic (exact) mass is 460 g/mol. The summed E-state index contributed by atoms with van der Waals surface area (Å²) in [5.74, 6) is 0.518. The summed E-state index contributed by atoms with van der Waals surface area (Å²) in [5, 5.41) is 4.27. The first kappa shape index (κ1) is 20.5. The van der Waals surface area contributed by atoms with Gasteiger partial charge in [0.2, 0.25) is 5.89 Å². The number of nitrogens with zero attached hydrogens (tertiary/aromatic N) is 1. The minimum atomic E-state index is -0.777. The van der Waals surface area contributed by atoms with Gasteiger partial charge < -0.3 is 14.5 Å². The summed E-state index contributed by atoms with van der Waals surface area (Å²) in [4.78, 5) is 17.0. The summed E-state index contributed by atoms with van der Waals surface area (Å²) >= 11 is 17.9. The van der Waals surface area contributed by atoms with Crippen molar-refractivity contribution < 1.29 is 13.9 Å². The summed E-state index contributed by atoms with van der Waals surface area (Å²) in [6.07, 6.45) is -0.777. The largest absolute Gasteiger partial charge is 0.479 e. The summed E-state index contributed by atoms with van der Waals surface area (Å²) in [5.41, 5.74) is 2.60. The number of ether oxygens (including phenoxy) is 1.